The molecule has 1 aliphatic rings. The molecule has 0 spiro atoms. The first kappa shape index (κ1) is 13.4. The maximum Gasteiger partial charge on any atom is 0.416 e. The van der Waals surface area contributed by atoms with Gasteiger partial charge in [-0.25, -0.2) is 0 Å². The summed E-state index contributed by atoms with van der Waals surface area (Å²) in [6, 6.07) is 5.81. The molecule has 0 aliphatic carbocycles. The number of likely N-dealkylation sites (N-methyl/N-ethyl adjacent to an activating group) is 1. The Balaban J connectivity index is 2.12. The second kappa shape index (κ2) is 4.90. The highest BCUT2D eigenvalue weighted by molar-refractivity contribution is 5.28. The van der Waals surface area contributed by atoms with Crippen molar-refractivity contribution in [3.63, 3.8) is 0 Å². The van der Waals surface area contributed by atoms with E-state index in [0.29, 0.717) is 12.6 Å². The second-order valence-corrected chi connectivity index (χ2v) is 4.88. The molecule has 2 unspecified atom stereocenters. The Morgan fingerprint density at radius 1 is 1.28 bits per heavy atom. The third-order valence-electron chi connectivity index (χ3n) is 3.67. The van der Waals surface area contributed by atoms with Gasteiger partial charge in [-0.05, 0) is 37.1 Å². The molecule has 2 nitrogen and oxygen atoms in total. The maximum atomic E-state index is 12.5. The van der Waals surface area contributed by atoms with Crippen LogP contribution in [0.1, 0.15) is 23.5 Å². The number of nitrogens with two attached hydrogens (primary N) is 1. The van der Waals surface area contributed by atoms with E-state index in [9.17, 15) is 13.2 Å². The SMILES string of the molecule is CN1CC(c2ccc(C(F)(F)F)cc2)CC1CN. The molecule has 0 amide bonds. The average molecular weight is 258 g/mol. The fraction of sp³-hybridized carbons (Fsp3) is 0.538. The number of alkyl halides is 3. The summed E-state index contributed by atoms with van der Waals surface area (Å²) >= 11 is 0. The van der Waals surface area contributed by atoms with Gasteiger partial charge in [0.2, 0.25) is 0 Å². The van der Waals surface area contributed by atoms with Crippen molar-refractivity contribution in [1.82, 2.24) is 4.90 Å². The Labute approximate surface area is 105 Å². The van der Waals surface area contributed by atoms with Crippen LogP contribution in [0, 0.1) is 0 Å². The van der Waals surface area contributed by atoms with Gasteiger partial charge in [0.05, 0.1) is 5.56 Å². The van der Waals surface area contributed by atoms with Crippen LogP contribution in [0.5, 0.6) is 0 Å². The van der Waals surface area contributed by atoms with Gasteiger partial charge in [0, 0.05) is 19.1 Å². The highest BCUT2D eigenvalue weighted by Crippen LogP contribution is 2.33. The molecule has 1 aliphatic heterocycles. The number of halogens is 3. The molecule has 18 heavy (non-hydrogen) atoms. The van der Waals surface area contributed by atoms with Gasteiger partial charge < -0.3 is 10.6 Å². The van der Waals surface area contributed by atoms with Crippen molar-refractivity contribution in [2.45, 2.75) is 24.6 Å². The van der Waals surface area contributed by atoms with Crippen LogP contribution >= 0.6 is 0 Å². The number of hydrogen-bond acceptors (Lipinski definition) is 2. The second-order valence-electron chi connectivity index (χ2n) is 4.88. The molecule has 2 atom stereocenters. The highest BCUT2D eigenvalue weighted by Gasteiger charge is 2.32. The molecule has 2 N–H and O–H groups in total. The highest BCUT2D eigenvalue weighted by atomic mass is 19.4. The molecule has 0 bridgehead atoms. The lowest BCUT2D eigenvalue weighted by Gasteiger charge is -2.15. The minimum absolute atomic E-state index is 0.283. The molecule has 0 saturated carbocycles. The summed E-state index contributed by atoms with van der Waals surface area (Å²) in [7, 11) is 2.00. The zero-order valence-corrected chi connectivity index (χ0v) is 10.2. The fourth-order valence-corrected chi connectivity index (χ4v) is 2.54. The van der Waals surface area contributed by atoms with E-state index in [1.165, 1.54) is 0 Å². The zero-order valence-electron chi connectivity index (χ0n) is 10.2. The third-order valence-corrected chi connectivity index (χ3v) is 3.67. The lowest BCUT2D eigenvalue weighted by molar-refractivity contribution is -0.137. The first-order valence-corrected chi connectivity index (χ1v) is 5.99. The molecule has 0 radical (unpaired) electrons. The summed E-state index contributed by atoms with van der Waals surface area (Å²) in [6.07, 6.45) is -3.34. The molecule has 100 valence electrons. The van der Waals surface area contributed by atoms with Crippen LogP contribution in [-0.2, 0) is 6.18 Å². The number of hydrogen-bond donors (Lipinski definition) is 1. The van der Waals surface area contributed by atoms with Crippen molar-refractivity contribution in [2.75, 3.05) is 20.1 Å². The summed E-state index contributed by atoms with van der Waals surface area (Å²) in [4.78, 5) is 2.17. The summed E-state index contributed by atoms with van der Waals surface area (Å²) in [5.41, 5.74) is 6.03. The van der Waals surface area contributed by atoms with Crippen molar-refractivity contribution in [2.24, 2.45) is 5.73 Å². The fourth-order valence-electron chi connectivity index (χ4n) is 2.54. The van der Waals surface area contributed by atoms with Gasteiger partial charge in [0.1, 0.15) is 0 Å². The quantitative estimate of drug-likeness (QED) is 0.883. The van der Waals surface area contributed by atoms with Crippen molar-refractivity contribution in [3.8, 4) is 0 Å². The zero-order chi connectivity index (χ0) is 13.3. The van der Waals surface area contributed by atoms with Crippen LogP contribution in [0.3, 0.4) is 0 Å². The molecule has 1 aromatic carbocycles. The first-order chi connectivity index (χ1) is 8.41. The minimum atomic E-state index is -4.26. The molecular weight excluding hydrogens is 241 g/mol. The van der Waals surface area contributed by atoms with Gasteiger partial charge in [-0.3, -0.25) is 0 Å². The van der Waals surface area contributed by atoms with Gasteiger partial charge in [-0.15, -0.1) is 0 Å². The Bertz CT molecular complexity index is 400. The third kappa shape index (κ3) is 2.67. The Morgan fingerprint density at radius 2 is 1.89 bits per heavy atom. The molecule has 2 rings (SSSR count). The van der Waals surface area contributed by atoms with E-state index in [1.807, 2.05) is 7.05 Å². The standard InChI is InChI=1S/C13H17F3N2/c1-18-8-10(6-12(18)7-17)9-2-4-11(5-3-9)13(14,15)16/h2-5,10,12H,6-8,17H2,1H3. The van der Waals surface area contributed by atoms with Crippen molar-refractivity contribution in [1.29, 1.82) is 0 Å². The summed E-state index contributed by atoms with van der Waals surface area (Å²) < 4.78 is 37.4. The first-order valence-electron chi connectivity index (χ1n) is 5.99. The van der Waals surface area contributed by atoms with E-state index in [0.717, 1.165) is 30.7 Å². The van der Waals surface area contributed by atoms with Gasteiger partial charge in [-0.2, -0.15) is 13.2 Å². The van der Waals surface area contributed by atoms with Crippen LogP contribution in [0.2, 0.25) is 0 Å². The molecule has 1 saturated heterocycles. The lowest BCUT2D eigenvalue weighted by atomic mass is 9.95. The van der Waals surface area contributed by atoms with Crippen molar-refractivity contribution in [3.05, 3.63) is 35.4 Å². The van der Waals surface area contributed by atoms with E-state index in [4.69, 9.17) is 5.73 Å². The van der Waals surface area contributed by atoms with Crippen LogP contribution in [0.25, 0.3) is 0 Å². The predicted octanol–water partition coefficient (Wildman–Crippen LogP) is 2.45. The normalized spacial score (nSPS) is 25.6. The van der Waals surface area contributed by atoms with Crippen molar-refractivity contribution < 1.29 is 13.2 Å². The van der Waals surface area contributed by atoms with E-state index in [1.54, 1.807) is 12.1 Å². The van der Waals surface area contributed by atoms with Gasteiger partial charge in [-0.1, -0.05) is 12.1 Å². The maximum absolute atomic E-state index is 12.5. The van der Waals surface area contributed by atoms with Gasteiger partial charge in [0.25, 0.3) is 0 Å². The van der Waals surface area contributed by atoms with E-state index >= 15 is 0 Å². The molecule has 1 aromatic rings. The molecule has 5 heteroatoms. The number of likely N-dealkylation sites (tertiary alicyclic amines) is 1. The summed E-state index contributed by atoms with van der Waals surface area (Å²) in [5.74, 6) is 0.283. The Hall–Kier alpha value is -1.07. The number of rotatable bonds is 2. The summed E-state index contributed by atoms with van der Waals surface area (Å²) in [6.45, 7) is 1.45. The largest absolute Gasteiger partial charge is 0.416 e. The van der Waals surface area contributed by atoms with Crippen molar-refractivity contribution >= 4 is 0 Å². The van der Waals surface area contributed by atoms with Gasteiger partial charge >= 0.3 is 6.18 Å². The molecular formula is C13H17F3N2. The Morgan fingerprint density at radius 3 is 2.33 bits per heavy atom. The van der Waals surface area contributed by atoms with Crippen LogP contribution < -0.4 is 5.73 Å². The smallest absolute Gasteiger partial charge is 0.329 e. The summed E-state index contributed by atoms with van der Waals surface area (Å²) in [5, 5.41) is 0. The van der Waals surface area contributed by atoms with Crippen LogP contribution in [0.15, 0.2) is 24.3 Å². The monoisotopic (exact) mass is 258 g/mol. The predicted molar refractivity (Wildman–Crippen MR) is 64.3 cm³/mol. The Kier molecular flexibility index (Phi) is 3.64. The van der Waals surface area contributed by atoms with E-state index in [2.05, 4.69) is 4.90 Å². The van der Waals surface area contributed by atoms with E-state index in [-0.39, 0.29) is 5.92 Å². The van der Waals surface area contributed by atoms with Crippen LogP contribution in [0.4, 0.5) is 13.2 Å². The minimum Gasteiger partial charge on any atom is -0.329 e. The molecule has 1 heterocycles. The lowest BCUT2D eigenvalue weighted by Crippen LogP contribution is -2.31. The van der Waals surface area contributed by atoms with E-state index < -0.39 is 11.7 Å². The molecule has 1 fully saturated rings. The topological polar surface area (TPSA) is 29.3 Å². The average Bonchev–Trinajstić information content (AvgIpc) is 2.69. The van der Waals surface area contributed by atoms with Gasteiger partial charge in [0.15, 0.2) is 0 Å². The molecule has 0 aromatic heterocycles. The van der Waals surface area contributed by atoms with Crippen LogP contribution in [-0.4, -0.2) is 31.1 Å². The number of nitrogens with zero attached hydrogens (tertiary/aromatic N) is 1. The number of benzene rings is 1.